The summed E-state index contributed by atoms with van der Waals surface area (Å²) >= 11 is 0. The third kappa shape index (κ3) is 4.45. The molecule has 0 saturated carbocycles. The van der Waals surface area contributed by atoms with Crippen LogP contribution in [0.25, 0.3) is 5.69 Å². The van der Waals surface area contributed by atoms with Gasteiger partial charge < -0.3 is 9.16 Å². The van der Waals surface area contributed by atoms with Crippen molar-refractivity contribution in [3.8, 4) is 11.6 Å². The molecule has 0 aliphatic heterocycles. The van der Waals surface area contributed by atoms with Gasteiger partial charge >= 0.3 is 0 Å². The lowest BCUT2D eigenvalue weighted by molar-refractivity contribution is 0.198. The Hall–Kier alpha value is -1.59. The second kappa shape index (κ2) is 6.89. The zero-order valence-electron chi connectivity index (χ0n) is 15.1. The Bertz CT molecular complexity index is 630. The van der Waals surface area contributed by atoms with Gasteiger partial charge in [0.2, 0.25) is 5.88 Å². The molecule has 23 heavy (non-hydrogen) atoms. The van der Waals surface area contributed by atoms with Crippen LogP contribution in [-0.2, 0) is 4.43 Å². The van der Waals surface area contributed by atoms with Crippen LogP contribution in [-0.4, -0.2) is 31.3 Å². The molecular weight excluding hydrogens is 304 g/mol. The number of hydrogen-bond acceptors (Lipinski definition) is 3. The Labute approximate surface area is 140 Å². The molecule has 0 N–H and O–H groups in total. The summed E-state index contributed by atoms with van der Waals surface area (Å²) in [4.78, 5) is 0. The van der Waals surface area contributed by atoms with Crippen molar-refractivity contribution in [1.29, 1.82) is 0 Å². The van der Waals surface area contributed by atoms with Crippen LogP contribution in [0, 0.1) is 6.92 Å². The van der Waals surface area contributed by atoms with E-state index in [1.165, 1.54) is 0 Å². The van der Waals surface area contributed by atoms with Crippen molar-refractivity contribution in [2.45, 2.75) is 45.8 Å². The van der Waals surface area contributed by atoms with Gasteiger partial charge in [-0.25, -0.2) is 4.68 Å². The van der Waals surface area contributed by atoms with Crippen LogP contribution >= 0.6 is 0 Å². The summed E-state index contributed by atoms with van der Waals surface area (Å²) in [5.74, 6) is 0.674. The number of aryl methyl sites for hydroxylation is 1. The van der Waals surface area contributed by atoms with Crippen LogP contribution in [0.4, 0.5) is 0 Å². The normalized spacial score (nSPS) is 12.4. The number of hydrogen-bond donors (Lipinski definition) is 0. The number of para-hydroxylation sites is 1. The van der Waals surface area contributed by atoms with Crippen molar-refractivity contribution in [2.24, 2.45) is 0 Å². The van der Waals surface area contributed by atoms with Gasteiger partial charge in [0, 0.05) is 11.8 Å². The minimum Gasteiger partial charge on any atom is -0.474 e. The number of aromatic nitrogens is 2. The lowest BCUT2D eigenvalue weighted by Crippen LogP contribution is -2.41. The van der Waals surface area contributed by atoms with E-state index in [9.17, 15) is 0 Å². The van der Waals surface area contributed by atoms with Crippen molar-refractivity contribution >= 4 is 8.32 Å². The van der Waals surface area contributed by atoms with Crippen LogP contribution in [0.1, 0.15) is 26.3 Å². The third-order valence-electron chi connectivity index (χ3n) is 4.46. The summed E-state index contributed by atoms with van der Waals surface area (Å²) in [6.45, 7) is 14.4. The van der Waals surface area contributed by atoms with Gasteiger partial charge in [-0.15, -0.1) is 5.10 Å². The molecule has 0 bridgehead atoms. The first-order chi connectivity index (χ1) is 10.7. The fourth-order valence-corrected chi connectivity index (χ4v) is 2.98. The first-order valence-corrected chi connectivity index (χ1v) is 11.0. The van der Waals surface area contributed by atoms with Gasteiger partial charge in [-0.3, -0.25) is 0 Å². The van der Waals surface area contributed by atoms with Crippen molar-refractivity contribution in [1.82, 2.24) is 9.78 Å². The van der Waals surface area contributed by atoms with Crippen LogP contribution in [0.15, 0.2) is 36.5 Å². The average Bonchev–Trinajstić information content (AvgIpc) is 2.85. The maximum Gasteiger partial charge on any atom is 0.236 e. The maximum atomic E-state index is 6.13. The number of benzene rings is 1. The third-order valence-corrected chi connectivity index (χ3v) is 9.00. The second-order valence-electron chi connectivity index (χ2n) is 7.35. The highest BCUT2D eigenvalue weighted by atomic mass is 28.4. The molecule has 5 heteroatoms. The van der Waals surface area contributed by atoms with E-state index >= 15 is 0 Å². The van der Waals surface area contributed by atoms with Crippen LogP contribution in [0.2, 0.25) is 18.1 Å². The SMILES string of the molecule is Cc1cn(-c2ccccc2)nc1OCCO[Si](C)(C)C(C)(C)C. The Morgan fingerprint density at radius 3 is 2.35 bits per heavy atom. The fourth-order valence-electron chi connectivity index (χ4n) is 1.95. The van der Waals surface area contributed by atoms with Crippen LogP contribution < -0.4 is 4.74 Å². The highest BCUT2D eigenvalue weighted by Crippen LogP contribution is 2.36. The van der Waals surface area contributed by atoms with E-state index in [4.69, 9.17) is 9.16 Å². The zero-order valence-corrected chi connectivity index (χ0v) is 16.1. The molecule has 126 valence electrons. The first-order valence-electron chi connectivity index (χ1n) is 8.09. The average molecular weight is 333 g/mol. The molecule has 0 atom stereocenters. The predicted molar refractivity (Wildman–Crippen MR) is 96.9 cm³/mol. The van der Waals surface area contributed by atoms with Gasteiger partial charge in [-0.2, -0.15) is 0 Å². The second-order valence-corrected chi connectivity index (χ2v) is 12.2. The van der Waals surface area contributed by atoms with Crippen LogP contribution in [0.3, 0.4) is 0 Å². The fraction of sp³-hybridized carbons (Fsp3) is 0.500. The van der Waals surface area contributed by atoms with Gasteiger partial charge in [0.05, 0.1) is 12.3 Å². The maximum absolute atomic E-state index is 6.13. The van der Waals surface area contributed by atoms with Crippen molar-refractivity contribution in [3.05, 3.63) is 42.1 Å². The lowest BCUT2D eigenvalue weighted by atomic mass is 10.2. The topological polar surface area (TPSA) is 36.3 Å². The van der Waals surface area contributed by atoms with Gasteiger partial charge in [0.1, 0.15) is 6.61 Å². The summed E-state index contributed by atoms with van der Waals surface area (Å²) in [6.07, 6.45) is 1.99. The van der Waals surface area contributed by atoms with Crippen molar-refractivity contribution in [2.75, 3.05) is 13.2 Å². The molecule has 0 aliphatic carbocycles. The quantitative estimate of drug-likeness (QED) is 0.574. The summed E-state index contributed by atoms with van der Waals surface area (Å²) in [7, 11) is -1.71. The molecule has 0 radical (unpaired) electrons. The zero-order chi connectivity index (χ0) is 17.1. The van der Waals surface area contributed by atoms with Gasteiger partial charge in [0.15, 0.2) is 8.32 Å². The molecule has 1 heterocycles. The Balaban J connectivity index is 1.91. The molecule has 2 aromatic rings. The first kappa shape index (κ1) is 17.8. The van der Waals surface area contributed by atoms with E-state index in [2.05, 4.69) is 39.0 Å². The molecule has 0 spiro atoms. The van der Waals surface area contributed by atoms with E-state index in [0.717, 1.165) is 11.3 Å². The number of ether oxygens (including phenoxy) is 1. The minimum absolute atomic E-state index is 0.220. The van der Waals surface area contributed by atoms with E-state index in [-0.39, 0.29) is 5.04 Å². The van der Waals surface area contributed by atoms with Crippen molar-refractivity contribution < 1.29 is 9.16 Å². The Morgan fingerprint density at radius 1 is 1.09 bits per heavy atom. The smallest absolute Gasteiger partial charge is 0.236 e. The molecule has 4 nitrogen and oxygen atoms in total. The molecule has 0 unspecified atom stereocenters. The van der Waals surface area contributed by atoms with Gasteiger partial charge in [-0.1, -0.05) is 39.0 Å². The molecule has 2 rings (SSSR count). The number of nitrogens with zero attached hydrogens (tertiary/aromatic N) is 2. The molecular formula is C18H28N2O2Si. The largest absolute Gasteiger partial charge is 0.474 e. The van der Waals surface area contributed by atoms with Gasteiger partial charge in [-0.05, 0) is 37.2 Å². The summed E-state index contributed by atoms with van der Waals surface area (Å²) in [5.41, 5.74) is 2.06. The van der Waals surface area contributed by atoms with Crippen LogP contribution in [0.5, 0.6) is 5.88 Å². The molecule has 1 aromatic carbocycles. The molecule has 0 fully saturated rings. The highest BCUT2D eigenvalue weighted by Gasteiger charge is 2.36. The standard InChI is InChI=1S/C18H28N2O2Si/c1-15-14-20(16-10-8-7-9-11-16)19-17(15)21-12-13-22-23(5,6)18(2,3)4/h7-11,14H,12-13H2,1-6H3. The summed E-state index contributed by atoms with van der Waals surface area (Å²) in [6, 6.07) is 10.0. The number of rotatable bonds is 6. The minimum atomic E-state index is -1.71. The summed E-state index contributed by atoms with van der Waals surface area (Å²) in [5, 5.41) is 4.73. The molecule has 0 amide bonds. The van der Waals surface area contributed by atoms with Crippen molar-refractivity contribution in [3.63, 3.8) is 0 Å². The van der Waals surface area contributed by atoms with E-state index in [1.807, 2.05) is 48.1 Å². The Morgan fingerprint density at radius 2 is 1.74 bits per heavy atom. The van der Waals surface area contributed by atoms with Gasteiger partial charge in [0.25, 0.3) is 0 Å². The highest BCUT2D eigenvalue weighted by molar-refractivity contribution is 6.74. The molecule has 0 aliphatic rings. The Kier molecular flexibility index (Phi) is 5.32. The predicted octanol–water partition coefficient (Wildman–Crippen LogP) is 4.58. The lowest BCUT2D eigenvalue weighted by Gasteiger charge is -2.36. The molecule has 0 saturated heterocycles. The monoisotopic (exact) mass is 332 g/mol. The van der Waals surface area contributed by atoms with E-state index in [1.54, 1.807) is 0 Å². The van der Waals surface area contributed by atoms with E-state index < -0.39 is 8.32 Å². The summed E-state index contributed by atoms with van der Waals surface area (Å²) < 4.78 is 13.8. The molecule has 1 aromatic heterocycles. The van der Waals surface area contributed by atoms with E-state index in [0.29, 0.717) is 19.1 Å².